The quantitative estimate of drug-likeness (QED) is 0.817. The highest BCUT2D eigenvalue weighted by Gasteiger charge is 2.36. The summed E-state index contributed by atoms with van der Waals surface area (Å²) in [6.45, 7) is 3.11. The number of aryl methyl sites for hydroxylation is 1. The molecule has 1 saturated carbocycles. The van der Waals surface area contributed by atoms with E-state index in [1.54, 1.807) is 19.1 Å². The molecule has 1 aromatic heterocycles. The van der Waals surface area contributed by atoms with Crippen LogP contribution in [0, 0.1) is 6.92 Å². The zero-order valence-corrected chi connectivity index (χ0v) is 15.8. The second-order valence-electron chi connectivity index (χ2n) is 7.92. The first kappa shape index (κ1) is 19.2. The number of alkyl halides is 3. The van der Waals surface area contributed by atoms with Crippen molar-refractivity contribution in [2.24, 2.45) is 0 Å². The molecule has 0 bridgehead atoms. The van der Waals surface area contributed by atoms with Crippen molar-refractivity contribution in [3.8, 4) is 0 Å². The summed E-state index contributed by atoms with van der Waals surface area (Å²) in [5.74, 6) is -0.229. The Labute approximate surface area is 161 Å². The molecule has 2 aromatic rings. The highest BCUT2D eigenvalue weighted by molar-refractivity contribution is 5.97. The van der Waals surface area contributed by atoms with Crippen molar-refractivity contribution in [2.45, 2.75) is 57.2 Å². The van der Waals surface area contributed by atoms with Crippen molar-refractivity contribution in [2.75, 3.05) is 13.1 Å². The van der Waals surface area contributed by atoms with Crippen molar-refractivity contribution in [1.82, 2.24) is 15.6 Å². The van der Waals surface area contributed by atoms with Gasteiger partial charge < -0.3 is 10.6 Å². The van der Waals surface area contributed by atoms with Crippen LogP contribution in [0.5, 0.6) is 0 Å². The number of piperidine rings is 1. The van der Waals surface area contributed by atoms with Crippen LogP contribution >= 0.6 is 0 Å². The lowest BCUT2D eigenvalue weighted by atomic mass is 9.98. The third-order valence-electron chi connectivity index (χ3n) is 5.65. The van der Waals surface area contributed by atoms with Gasteiger partial charge in [-0.25, -0.2) is 4.98 Å². The van der Waals surface area contributed by atoms with Crippen LogP contribution < -0.4 is 10.6 Å². The minimum Gasteiger partial charge on any atom is -0.349 e. The summed E-state index contributed by atoms with van der Waals surface area (Å²) in [4.78, 5) is 16.7. The van der Waals surface area contributed by atoms with Crippen LogP contribution in [0.3, 0.4) is 0 Å². The van der Waals surface area contributed by atoms with Gasteiger partial charge >= 0.3 is 6.18 Å². The van der Waals surface area contributed by atoms with Gasteiger partial charge in [0.1, 0.15) is 5.69 Å². The van der Waals surface area contributed by atoms with Gasteiger partial charge in [0.15, 0.2) is 0 Å². The molecule has 1 aliphatic heterocycles. The molecule has 1 unspecified atom stereocenters. The number of halogens is 3. The largest absolute Gasteiger partial charge is 0.418 e. The summed E-state index contributed by atoms with van der Waals surface area (Å²) in [7, 11) is 0. The second-order valence-corrected chi connectivity index (χ2v) is 7.92. The fourth-order valence-electron chi connectivity index (χ4n) is 3.90. The normalized spacial score (nSPS) is 20.4. The molecular weight excluding hydrogens is 367 g/mol. The van der Waals surface area contributed by atoms with Gasteiger partial charge in [0.2, 0.25) is 0 Å². The van der Waals surface area contributed by atoms with E-state index in [9.17, 15) is 18.0 Å². The van der Waals surface area contributed by atoms with E-state index >= 15 is 0 Å². The van der Waals surface area contributed by atoms with E-state index in [0.29, 0.717) is 23.1 Å². The van der Waals surface area contributed by atoms with Crippen LogP contribution in [0.1, 0.15) is 65.2 Å². The maximum atomic E-state index is 13.7. The molecule has 2 N–H and O–H groups in total. The summed E-state index contributed by atoms with van der Waals surface area (Å²) >= 11 is 0. The van der Waals surface area contributed by atoms with Gasteiger partial charge in [0, 0.05) is 18.0 Å². The van der Waals surface area contributed by atoms with Crippen LogP contribution in [-0.4, -0.2) is 30.0 Å². The molecule has 4 nitrogen and oxygen atoms in total. The first-order valence-electron chi connectivity index (χ1n) is 9.87. The average molecular weight is 391 g/mol. The van der Waals surface area contributed by atoms with Gasteiger partial charge in [-0.3, -0.25) is 4.79 Å². The van der Waals surface area contributed by atoms with Crippen LogP contribution in [0.25, 0.3) is 10.9 Å². The number of pyridine rings is 1. The lowest BCUT2D eigenvalue weighted by Gasteiger charge is -2.23. The highest BCUT2D eigenvalue weighted by atomic mass is 19.4. The molecular formula is C21H24F3N3O. The summed E-state index contributed by atoms with van der Waals surface area (Å²) in [5.41, 5.74) is 0.492. The summed E-state index contributed by atoms with van der Waals surface area (Å²) in [6.07, 6.45) is 0.546. The van der Waals surface area contributed by atoms with E-state index in [1.807, 2.05) is 0 Å². The zero-order chi connectivity index (χ0) is 19.9. The average Bonchev–Trinajstić information content (AvgIpc) is 3.50. The molecule has 1 aromatic carbocycles. The summed E-state index contributed by atoms with van der Waals surface area (Å²) in [6, 6.07) is 4.80. The van der Waals surface area contributed by atoms with Gasteiger partial charge in [-0.1, -0.05) is 6.42 Å². The maximum Gasteiger partial charge on any atom is 0.418 e. The maximum absolute atomic E-state index is 13.7. The molecule has 28 heavy (non-hydrogen) atoms. The fourth-order valence-corrected chi connectivity index (χ4v) is 3.90. The van der Waals surface area contributed by atoms with Crippen LogP contribution in [0.4, 0.5) is 13.2 Å². The zero-order valence-electron chi connectivity index (χ0n) is 15.8. The number of aromatic nitrogens is 1. The van der Waals surface area contributed by atoms with Crippen molar-refractivity contribution in [3.05, 3.63) is 40.6 Å². The van der Waals surface area contributed by atoms with Gasteiger partial charge in [-0.05, 0) is 74.4 Å². The Bertz CT molecular complexity index is 900. The Hall–Kier alpha value is -2.15. The Morgan fingerprint density at radius 1 is 1.21 bits per heavy atom. The first-order chi connectivity index (χ1) is 13.3. The standard InChI is InChI=1S/C21H24F3N3O/c1-12-8-18(20(28)26-11-15-4-2-3-7-25-15)27-19-16(12)9-14(13-5-6-13)10-17(19)21(22,23)24/h8-10,13,15,25H,2-7,11H2,1H3,(H,26,28). The van der Waals surface area contributed by atoms with E-state index in [4.69, 9.17) is 0 Å². The number of carbonyl (C=O) groups excluding carboxylic acids is 1. The van der Waals surface area contributed by atoms with E-state index in [0.717, 1.165) is 38.6 Å². The minimum atomic E-state index is -4.51. The Kier molecular flexibility index (Phi) is 5.04. The third kappa shape index (κ3) is 3.99. The van der Waals surface area contributed by atoms with E-state index < -0.39 is 17.6 Å². The molecule has 1 amide bonds. The molecule has 4 rings (SSSR count). The monoisotopic (exact) mass is 391 g/mol. The van der Waals surface area contributed by atoms with Gasteiger partial charge in [-0.15, -0.1) is 0 Å². The Morgan fingerprint density at radius 2 is 2.00 bits per heavy atom. The molecule has 0 radical (unpaired) electrons. The molecule has 2 heterocycles. The van der Waals surface area contributed by atoms with Gasteiger partial charge in [0.25, 0.3) is 5.91 Å². The minimum absolute atomic E-state index is 0.0329. The molecule has 1 aliphatic carbocycles. The van der Waals surface area contributed by atoms with Crippen LogP contribution in [0.2, 0.25) is 0 Å². The predicted molar refractivity (Wildman–Crippen MR) is 101 cm³/mol. The number of rotatable bonds is 4. The topological polar surface area (TPSA) is 54.0 Å². The molecule has 0 spiro atoms. The number of amides is 1. The number of hydrogen-bond donors (Lipinski definition) is 2. The highest BCUT2D eigenvalue weighted by Crippen LogP contribution is 2.44. The molecule has 1 saturated heterocycles. The number of carbonyl (C=O) groups is 1. The molecule has 2 aliphatic rings. The number of hydrogen-bond acceptors (Lipinski definition) is 3. The van der Waals surface area contributed by atoms with Crippen molar-refractivity contribution < 1.29 is 18.0 Å². The van der Waals surface area contributed by atoms with E-state index in [2.05, 4.69) is 15.6 Å². The predicted octanol–water partition coefficient (Wildman–Crippen LogP) is 4.31. The van der Waals surface area contributed by atoms with Gasteiger partial charge in [0.05, 0.1) is 11.1 Å². The SMILES string of the molecule is Cc1cc(C(=O)NCC2CCCCN2)nc2c(C(F)(F)F)cc(C3CC3)cc12. The summed E-state index contributed by atoms with van der Waals surface area (Å²) < 4.78 is 41.1. The van der Waals surface area contributed by atoms with Crippen LogP contribution in [0.15, 0.2) is 18.2 Å². The number of nitrogens with zero attached hydrogens (tertiary/aromatic N) is 1. The molecule has 2 fully saturated rings. The van der Waals surface area contributed by atoms with Crippen LogP contribution in [-0.2, 0) is 6.18 Å². The second kappa shape index (κ2) is 7.35. The van der Waals surface area contributed by atoms with E-state index in [-0.39, 0.29) is 23.2 Å². The fraction of sp³-hybridized carbons (Fsp3) is 0.524. The van der Waals surface area contributed by atoms with Gasteiger partial charge in [-0.2, -0.15) is 13.2 Å². The van der Waals surface area contributed by atoms with Crippen molar-refractivity contribution >= 4 is 16.8 Å². The molecule has 7 heteroatoms. The number of benzene rings is 1. The number of fused-ring (bicyclic) bond motifs is 1. The lowest BCUT2D eigenvalue weighted by molar-refractivity contribution is -0.136. The molecule has 150 valence electrons. The first-order valence-corrected chi connectivity index (χ1v) is 9.87. The Morgan fingerprint density at radius 3 is 2.64 bits per heavy atom. The van der Waals surface area contributed by atoms with Crippen molar-refractivity contribution in [3.63, 3.8) is 0 Å². The lowest BCUT2D eigenvalue weighted by Crippen LogP contribution is -2.43. The van der Waals surface area contributed by atoms with Crippen molar-refractivity contribution in [1.29, 1.82) is 0 Å². The Balaban J connectivity index is 1.66. The number of nitrogens with one attached hydrogen (secondary N) is 2. The smallest absolute Gasteiger partial charge is 0.349 e. The summed E-state index contributed by atoms with van der Waals surface area (Å²) in [5, 5.41) is 6.62. The third-order valence-corrected chi connectivity index (χ3v) is 5.65. The molecule has 1 atom stereocenters. The van der Waals surface area contributed by atoms with E-state index in [1.165, 1.54) is 6.07 Å².